The number of likely N-dealkylation sites (tertiary alicyclic amines) is 1. The molecule has 0 aliphatic carbocycles. The van der Waals surface area contributed by atoms with Gasteiger partial charge in [0.2, 0.25) is 0 Å². The van der Waals surface area contributed by atoms with Gasteiger partial charge in [-0.15, -0.1) is 0 Å². The second-order valence-electron chi connectivity index (χ2n) is 6.19. The maximum absolute atomic E-state index is 12.3. The Bertz CT molecular complexity index is 646. The molecule has 23 heavy (non-hydrogen) atoms. The van der Waals surface area contributed by atoms with Gasteiger partial charge in [-0.3, -0.25) is 4.18 Å². The van der Waals surface area contributed by atoms with E-state index in [1.807, 2.05) is 44.2 Å². The molecule has 1 aromatic rings. The minimum atomic E-state index is -3.47. The fourth-order valence-corrected chi connectivity index (χ4v) is 3.08. The molecule has 2 atom stereocenters. The van der Waals surface area contributed by atoms with Crippen molar-refractivity contribution in [1.29, 1.82) is 0 Å². The van der Waals surface area contributed by atoms with E-state index in [1.54, 1.807) is 4.90 Å². The zero-order valence-electron chi connectivity index (χ0n) is 13.7. The van der Waals surface area contributed by atoms with E-state index in [0.717, 1.165) is 11.8 Å². The molecule has 2 rings (SSSR count). The molecule has 0 aromatic heterocycles. The van der Waals surface area contributed by atoms with Gasteiger partial charge in [0.1, 0.15) is 6.61 Å². The van der Waals surface area contributed by atoms with Gasteiger partial charge in [0, 0.05) is 12.1 Å². The summed E-state index contributed by atoms with van der Waals surface area (Å²) in [6, 6.07) is 9.47. The van der Waals surface area contributed by atoms with Crippen molar-refractivity contribution in [3.8, 4) is 0 Å². The van der Waals surface area contributed by atoms with E-state index in [-0.39, 0.29) is 25.2 Å². The molecule has 0 bridgehead atoms. The molecular weight excluding hydrogens is 318 g/mol. The first-order chi connectivity index (χ1) is 10.7. The third-order valence-electron chi connectivity index (χ3n) is 4.47. The summed E-state index contributed by atoms with van der Waals surface area (Å²) in [4.78, 5) is 13.9. The summed E-state index contributed by atoms with van der Waals surface area (Å²) in [7, 11) is -3.47. The number of nitrogens with zero attached hydrogens (tertiary/aromatic N) is 1. The molecule has 1 amide bonds. The van der Waals surface area contributed by atoms with Crippen LogP contribution in [-0.2, 0) is 25.6 Å². The van der Waals surface area contributed by atoms with Crippen molar-refractivity contribution in [1.82, 2.24) is 4.90 Å². The Morgan fingerprint density at radius 1 is 1.35 bits per heavy atom. The second kappa shape index (κ2) is 6.88. The summed E-state index contributed by atoms with van der Waals surface area (Å²) < 4.78 is 32.3. The Morgan fingerprint density at radius 3 is 2.57 bits per heavy atom. The maximum atomic E-state index is 12.3. The van der Waals surface area contributed by atoms with Crippen molar-refractivity contribution in [2.45, 2.75) is 32.4 Å². The van der Waals surface area contributed by atoms with Crippen LogP contribution in [0.4, 0.5) is 4.79 Å². The van der Waals surface area contributed by atoms with Gasteiger partial charge < -0.3 is 9.64 Å². The Morgan fingerprint density at radius 2 is 2.00 bits per heavy atom. The molecule has 0 spiro atoms. The number of hydrogen-bond donors (Lipinski definition) is 0. The van der Waals surface area contributed by atoms with Crippen molar-refractivity contribution < 1.29 is 22.1 Å². The van der Waals surface area contributed by atoms with E-state index >= 15 is 0 Å². The third kappa shape index (κ3) is 4.45. The molecule has 1 fully saturated rings. The first-order valence-electron chi connectivity index (χ1n) is 7.55. The molecule has 0 saturated carbocycles. The van der Waals surface area contributed by atoms with Crippen LogP contribution in [0, 0.1) is 5.92 Å². The lowest BCUT2D eigenvalue weighted by Gasteiger charge is -2.55. The number of carbonyl (C=O) groups is 1. The standard InChI is InChI=1S/C16H23NO5S/c1-13-11-17(16(13,2)9-10-22-23(3,19)20)15(18)21-12-14-7-5-4-6-8-14/h4-8,13H,9-12H2,1-3H3/t13?,16-/m1/s1. The monoisotopic (exact) mass is 341 g/mol. The highest BCUT2D eigenvalue weighted by atomic mass is 32.2. The zero-order valence-corrected chi connectivity index (χ0v) is 14.5. The van der Waals surface area contributed by atoms with E-state index < -0.39 is 15.7 Å². The van der Waals surface area contributed by atoms with Crippen LogP contribution in [0.1, 0.15) is 25.8 Å². The summed E-state index contributed by atoms with van der Waals surface area (Å²) in [5.74, 6) is 0.259. The van der Waals surface area contributed by atoms with E-state index in [4.69, 9.17) is 8.92 Å². The average Bonchev–Trinajstić information content (AvgIpc) is 2.49. The predicted molar refractivity (Wildman–Crippen MR) is 86.3 cm³/mol. The van der Waals surface area contributed by atoms with E-state index in [1.165, 1.54) is 0 Å². The first kappa shape index (κ1) is 17.7. The number of amides is 1. The minimum Gasteiger partial charge on any atom is -0.445 e. The summed E-state index contributed by atoms with van der Waals surface area (Å²) in [5, 5.41) is 0. The van der Waals surface area contributed by atoms with E-state index in [9.17, 15) is 13.2 Å². The smallest absolute Gasteiger partial charge is 0.410 e. The fourth-order valence-electron chi connectivity index (χ4n) is 2.69. The number of carbonyl (C=O) groups excluding carboxylic acids is 1. The van der Waals surface area contributed by atoms with Crippen LogP contribution in [-0.4, -0.2) is 44.4 Å². The molecule has 0 N–H and O–H groups in total. The summed E-state index contributed by atoms with van der Waals surface area (Å²) in [6.45, 7) is 4.84. The quantitative estimate of drug-likeness (QED) is 0.743. The Balaban J connectivity index is 1.89. The minimum absolute atomic E-state index is 0.0577. The van der Waals surface area contributed by atoms with Crippen LogP contribution >= 0.6 is 0 Å². The second-order valence-corrected chi connectivity index (χ2v) is 7.83. The highest BCUT2D eigenvalue weighted by Crippen LogP contribution is 2.39. The third-order valence-corrected chi connectivity index (χ3v) is 5.06. The lowest BCUT2D eigenvalue weighted by Crippen LogP contribution is -2.66. The van der Waals surface area contributed by atoms with Crippen molar-refractivity contribution in [3.63, 3.8) is 0 Å². The van der Waals surface area contributed by atoms with Crippen LogP contribution in [0.2, 0.25) is 0 Å². The Kier molecular flexibility index (Phi) is 5.31. The first-order valence-corrected chi connectivity index (χ1v) is 9.37. The molecule has 1 aliphatic rings. The van der Waals surface area contributed by atoms with Gasteiger partial charge in [-0.2, -0.15) is 8.42 Å². The Hall–Kier alpha value is -1.60. The average molecular weight is 341 g/mol. The van der Waals surface area contributed by atoms with Gasteiger partial charge in [-0.05, 0) is 24.8 Å². The van der Waals surface area contributed by atoms with Crippen molar-refractivity contribution in [2.75, 3.05) is 19.4 Å². The molecule has 7 heteroatoms. The number of hydrogen-bond acceptors (Lipinski definition) is 5. The molecule has 1 unspecified atom stereocenters. The van der Waals surface area contributed by atoms with Crippen molar-refractivity contribution >= 4 is 16.2 Å². The van der Waals surface area contributed by atoms with Gasteiger partial charge in [0.25, 0.3) is 10.1 Å². The molecule has 1 saturated heterocycles. The number of ether oxygens (including phenoxy) is 1. The van der Waals surface area contributed by atoms with Crippen LogP contribution < -0.4 is 0 Å². The molecular formula is C16H23NO5S. The van der Waals surface area contributed by atoms with Gasteiger partial charge >= 0.3 is 6.09 Å². The highest BCUT2D eigenvalue weighted by molar-refractivity contribution is 7.85. The SMILES string of the molecule is CC1CN(C(=O)OCc2ccccc2)[C@]1(C)CCOS(C)(=O)=O. The van der Waals surface area contributed by atoms with Gasteiger partial charge in [0.15, 0.2) is 0 Å². The van der Waals surface area contributed by atoms with Gasteiger partial charge in [0.05, 0.1) is 12.9 Å². The van der Waals surface area contributed by atoms with Crippen LogP contribution in [0.25, 0.3) is 0 Å². The van der Waals surface area contributed by atoms with Crippen LogP contribution in [0.5, 0.6) is 0 Å². The molecule has 1 heterocycles. The Labute approximate surface area is 137 Å². The van der Waals surface area contributed by atoms with Crippen molar-refractivity contribution in [2.24, 2.45) is 5.92 Å². The molecule has 0 radical (unpaired) electrons. The number of benzene rings is 1. The topological polar surface area (TPSA) is 72.9 Å². The van der Waals surface area contributed by atoms with Gasteiger partial charge in [-0.1, -0.05) is 37.3 Å². The van der Waals surface area contributed by atoms with Crippen LogP contribution in [0.3, 0.4) is 0 Å². The fraction of sp³-hybridized carbons (Fsp3) is 0.562. The lowest BCUT2D eigenvalue weighted by molar-refractivity contribution is -0.0620. The highest BCUT2D eigenvalue weighted by Gasteiger charge is 2.50. The maximum Gasteiger partial charge on any atom is 0.410 e. The summed E-state index contributed by atoms with van der Waals surface area (Å²) in [6.07, 6.45) is 1.08. The summed E-state index contributed by atoms with van der Waals surface area (Å²) >= 11 is 0. The van der Waals surface area contributed by atoms with E-state index in [2.05, 4.69) is 0 Å². The van der Waals surface area contributed by atoms with Crippen LogP contribution in [0.15, 0.2) is 30.3 Å². The molecule has 1 aliphatic heterocycles. The van der Waals surface area contributed by atoms with Crippen molar-refractivity contribution in [3.05, 3.63) is 35.9 Å². The molecule has 128 valence electrons. The van der Waals surface area contributed by atoms with E-state index in [0.29, 0.717) is 13.0 Å². The normalized spacial score (nSPS) is 24.1. The lowest BCUT2D eigenvalue weighted by atomic mass is 9.75. The summed E-state index contributed by atoms with van der Waals surface area (Å²) in [5.41, 5.74) is 0.481. The molecule has 1 aromatic carbocycles. The zero-order chi connectivity index (χ0) is 17.1. The largest absolute Gasteiger partial charge is 0.445 e. The molecule has 6 nitrogen and oxygen atoms in total. The van der Waals surface area contributed by atoms with Gasteiger partial charge in [-0.25, -0.2) is 4.79 Å². The number of rotatable bonds is 6. The predicted octanol–water partition coefficient (Wildman–Crippen LogP) is 2.40.